The van der Waals surface area contributed by atoms with Crippen molar-refractivity contribution in [3.05, 3.63) is 34.7 Å². The average Bonchev–Trinajstić information content (AvgIpc) is 3.20. The summed E-state index contributed by atoms with van der Waals surface area (Å²) in [5.74, 6) is 0.442. The van der Waals surface area contributed by atoms with Gasteiger partial charge in [-0.05, 0) is 49.9 Å². The van der Waals surface area contributed by atoms with E-state index < -0.39 is 6.09 Å². The van der Waals surface area contributed by atoms with Crippen LogP contribution in [0.5, 0.6) is 0 Å². The van der Waals surface area contributed by atoms with Gasteiger partial charge in [-0.1, -0.05) is 11.2 Å². The number of hydrogen-bond donors (Lipinski definition) is 3. The number of carbonyl (C=O) groups is 2. The van der Waals surface area contributed by atoms with E-state index in [-0.39, 0.29) is 17.9 Å². The van der Waals surface area contributed by atoms with E-state index in [4.69, 9.17) is 4.42 Å². The van der Waals surface area contributed by atoms with E-state index in [1.807, 2.05) is 19.9 Å². The Morgan fingerprint density at radius 2 is 2.12 bits per heavy atom. The molecule has 2 aromatic rings. The van der Waals surface area contributed by atoms with Crippen LogP contribution in [0.3, 0.4) is 0 Å². The number of benzene rings is 1. The van der Waals surface area contributed by atoms with Gasteiger partial charge in [0.25, 0.3) is 0 Å². The summed E-state index contributed by atoms with van der Waals surface area (Å²) in [6.07, 6.45) is 0.292. The lowest BCUT2D eigenvalue weighted by Gasteiger charge is -2.38. The minimum atomic E-state index is -0.858. The second-order valence-electron chi connectivity index (χ2n) is 8.77. The maximum Gasteiger partial charge on any atom is 0.407 e. The topological polar surface area (TPSA) is 124 Å². The van der Waals surface area contributed by atoms with Gasteiger partial charge in [-0.2, -0.15) is 0 Å². The normalized spacial score (nSPS) is 22.0. The Hall–Kier alpha value is -3.14. The number of aryl methyl sites for hydroxylation is 1. The van der Waals surface area contributed by atoms with Gasteiger partial charge >= 0.3 is 12.1 Å². The molecule has 2 saturated heterocycles. The first-order valence-electron chi connectivity index (χ1n) is 11.0. The van der Waals surface area contributed by atoms with Gasteiger partial charge in [0.05, 0.1) is 0 Å². The van der Waals surface area contributed by atoms with Crippen LogP contribution in [0.2, 0.25) is 0 Å². The number of piperazine rings is 1. The second kappa shape index (κ2) is 9.15. The number of nitrogens with zero attached hydrogens (tertiary/aromatic N) is 4. The lowest BCUT2D eigenvalue weighted by molar-refractivity contribution is -0.122. The van der Waals surface area contributed by atoms with E-state index in [2.05, 4.69) is 38.7 Å². The standard InChI is InChI=1S/C22H30N6O4/c1-13-8-17(12-27-6-7-28(22(30)31)14(2)11-27)15(3)18(9-13)24-21-26-25-20(32-21)16-4-5-23-19(29)10-16/h8-9,14,16H,4-7,10-12H2,1-3H3,(H,23,29)(H,24,26)(H,30,31)/t14-,16?/m0/s1. The fourth-order valence-electron chi connectivity index (χ4n) is 4.49. The average molecular weight is 443 g/mol. The van der Waals surface area contributed by atoms with Crippen molar-refractivity contribution < 1.29 is 19.1 Å². The molecular formula is C22H30N6O4. The Morgan fingerprint density at radius 1 is 1.31 bits per heavy atom. The number of piperidine rings is 1. The van der Waals surface area contributed by atoms with Crippen molar-refractivity contribution in [2.75, 3.05) is 31.5 Å². The molecule has 2 amide bonds. The van der Waals surface area contributed by atoms with Crippen LogP contribution in [-0.2, 0) is 11.3 Å². The molecule has 0 spiro atoms. The van der Waals surface area contributed by atoms with Crippen molar-refractivity contribution in [1.29, 1.82) is 0 Å². The third-order valence-corrected chi connectivity index (χ3v) is 6.29. The molecule has 3 N–H and O–H groups in total. The van der Waals surface area contributed by atoms with Gasteiger partial charge in [0.15, 0.2) is 0 Å². The highest BCUT2D eigenvalue weighted by Crippen LogP contribution is 2.29. The Labute approximate surface area is 187 Å². The molecule has 2 aliphatic heterocycles. The van der Waals surface area contributed by atoms with E-state index in [0.29, 0.717) is 44.5 Å². The highest BCUT2D eigenvalue weighted by molar-refractivity contribution is 5.77. The molecule has 32 heavy (non-hydrogen) atoms. The third-order valence-electron chi connectivity index (χ3n) is 6.29. The van der Waals surface area contributed by atoms with Crippen LogP contribution in [0.15, 0.2) is 16.5 Å². The SMILES string of the molecule is Cc1cc(CN2CCN(C(=O)O)[C@@H](C)C2)c(C)c(Nc2nnc(C3CCNC(=O)C3)o2)c1. The highest BCUT2D eigenvalue weighted by atomic mass is 16.4. The van der Waals surface area contributed by atoms with Crippen molar-refractivity contribution in [3.8, 4) is 0 Å². The molecule has 0 radical (unpaired) electrons. The number of hydrogen-bond acceptors (Lipinski definition) is 7. The monoisotopic (exact) mass is 442 g/mol. The summed E-state index contributed by atoms with van der Waals surface area (Å²) in [4.78, 5) is 26.8. The number of anilines is 2. The van der Waals surface area contributed by atoms with Gasteiger partial charge in [0.1, 0.15) is 0 Å². The van der Waals surface area contributed by atoms with Crippen molar-refractivity contribution in [2.24, 2.45) is 0 Å². The molecule has 0 aliphatic carbocycles. The first kappa shape index (κ1) is 22.1. The maximum absolute atomic E-state index is 11.6. The fourth-order valence-corrected chi connectivity index (χ4v) is 4.49. The molecule has 1 aromatic carbocycles. The first-order chi connectivity index (χ1) is 15.3. The van der Waals surface area contributed by atoms with Crippen LogP contribution in [0, 0.1) is 13.8 Å². The number of nitrogens with one attached hydrogen (secondary N) is 2. The number of carbonyl (C=O) groups excluding carboxylic acids is 1. The smallest absolute Gasteiger partial charge is 0.407 e. The lowest BCUT2D eigenvalue weighted by atomic mass is 9.98. The Balaban J connectivity index is 1.46. The predicted octanol–water partition coefficient (Wildman–Crippen LogP) is 2.61. The summed E-state index contributed by atoms with van der Waals surface area (Å²) in [7, 11) is 0. The minimum absolute atomic E-state index is 0.00614. The van der Waals surface area contributed by atoms with Crippen LogP contribution >= 0.6 is 0 Å². The minimum Gasteiger partial charge on any atom is -0.465 e. The summed E-state index contributed by atoms with van der Waals surface area (Å²) >= 11 is 0. The molecule has 2 aliphatic rings. The molecule has 172 valence electrons. The third kappa shape index (κ3) is 4.85. The van der Waals surface area contributed by atoms with E-state index in [1.165, 1.54) is 10.5 Å². The van der Waals surface area contributed by atoms with Crippen molar-refractivity contribution >= 4 is 23.7 Å². The van der Waals surface area contributed by atoms with Crippen LogP contribution in [0.25, 0.3) is 0 Å². The Bertz CT molecular complexity index is 1010. The van der Waals surface area contributed by atoms with E-state index >= 15 is 0 Å². The van der Waals surface area contributed by atoms with Crippen LogP contribution in [0.4, 0.5) is 16.5 Å². The number of amides is 2. The molecular weight excluding hydrogens is 412 g/mol. The van der Waals surface area contributed by atoms with Gasteiger partial charge in [-0.25, -0.2) is 4.79 Å². The molecule has 10 heteroatoms. The summed E-state index contributed by atoms with van der Waals surface area (Å²) in [5.41, 5.74) is 4.26. The van der Waals surface area contributed by atoms with E-state index in [1.54, 1.807) is 0 Å². The molecule has 0 bridgehead atoms. The predicted molar refractivity (Wildman–Crippen MR) is 118 cm³/mol. The summed E-state index contributed by atoms with van der Waals surface area (Å²) in [6, 6.07) is 4.48. The summed E-state index contributed by atoms with van der Waals surface area (Å²) in [6.45, 7) is 9.31. The number of aromatic nitrogens is 2. The number of rotatable bonds is 5. The molecule has 0 saturated carbocycles. The second-order valence-corrected chi connectivity index (χ2v) is 8.77. The van der Waals surface area contributed by atoms with Crippen molar-refractivity contribution in [2.45, 2.75) is 52.1 Å². The first-order valence-corrected chi connectivity index (χ1v) is 11.0. The van der Waals surface area contributed by atoms with Crippen LogP contribution in [-0.4, -0.2) is 69.3 Å². The quantitative estimate of drug-likeness (QED) is 0.646. The zero-order chi connectivity index (χ0) is 22.8. The summed E-state index contributed by atoms with van der Waals surface area (Å²) in [5, 5.41) is 23.6. The number of carboxylic acid groups (broad SMARTS) is 1. The lowest BCUT2D eigenvalue weighted by Crippen LogP contribution is -2.53. The molecule has 1 aromatic heterocycles. The molecule has 4 rings (SSSR count). The van der Waals surface area contributed by atoms with Gasteiger partial charge in [0.2, 0.25) is 11.8 Å². The Morgan fingerprint density at radius 3 is 2.84 bits per heavy atom. The zero-order valence-electron chi connectivity index (χ0n) is 18.7. The van der Waals surface area contributed by atoms with Crippen LogP contribution in [0.1, 0.15) is 48.3 Å². The zero-order valence-corrected chi connectivity index (χ0v) is 18.7. The van der Waals surface area contributed by atoms with Gasteiger partial charge in [-0.3, -0.25) is 9.69 Å². The fraction of sp³-hybridized carbons (Fsp3) is 0.545. The van der Waals surface area contributed by atoms with Crippen LogP contribution < -0.4 is 10.6 Å². The van der Waals surface area contributed by atoms with E-state index in [0.717, 1.165) is 29.8 Å². The largest absolute Gasteiger partial charge is 0.465 e. The summed E-state index contributed by atoms with van der Waals surface area (Å²) < 4.78 is 5.82. The van der Waals surface area contributed by atoms with Gasteiger partial charge in [0, 0.05) is 56.8 Å². The molecule has 2 atom stereocenters. The van der Waals surface area contributed by atoms with E-state index in [9.17, 15) is 14.7 Å². The molecule has 2 fully saturated rings. The molecule has 1 unspecified atom stereocenters. The van der Waals surface area contributed by atoms with Crippen molar-refractivity contribution in [1.82, 2.24) is 25.3 Å². The van der Waals surface area contributed by atoms with Gasteiger partial charge < -0.3 is 25.1 Å². The molecule has 10 nitrogen and oxygen atoms in total. The van der Waals surface area contributed by atoms with Gasteiger partial charge in [-0.15, -0.1) is 5.10 Å². The molecule has 3 heterocycles. The van der Waals surface area contributed by atoms with Crippen molar-refractivity contribution in [3.63, 3.8) is 0 Å². The highest BCUT2D eigenvalue weighted by Gasteiger charge is 2.28. The maximum atomic E-state index is 11.6. The Kier molecular flexibility index (Phi) is 6.31.